The van der Waals surface area contributed by atoms with Gasteiger partial charge in [-0.1, -0.05) is 30.2 Å². The van der Waals surface area contributed by atoms with Gasteiger partial charge in [0.15, 0.2) is 6.10 Å². The van der Waals surface area contributed by atoms with Crippen LogP contribution in [-0.4, -0.2) is 22.4 Å². The maximum atomic E-state index is 12.9. The largest absolute Gasteiger partial charge is 0.414 e. The van der Waals surface area contributed by atoms with Gasteiger partial charge >= 0.3 is 6.18 Å². The summed E-state index contributed by atoms with van der Waals surface area (Å²) in [6, 6.07) is 9.14. The second-order valence-corrected chi connectivity index (χ2v) is 6.31. The van der Waals surface area contributed by atoms with Crippen LogP contribution in [0.3, 0.4) is 0 Å². The van der Waals surface area contributed by atoms with E-state index in [2.05, 4.69) is 4.98 Å². The van der Waals surface area contributed by atoms with Crippen LogP contribution >= 0.6 is 0 Å². The Labute approximate surface area is 143 Å². The lowest BCUT2D eigenvalue weighted by Gasteiger charge is -2.31. The molecule has 1 aromatic heterocycles. The van der Waals surface area contributed by atoms with Gasteiger partial charge in [0.2, 0.25) is 0 Å². The number of rotatable bonds is 2. The van der Waals surface area contributed by atoms with Crippen molar-refractivity contribution >= 4 is 16.8 Å². The molecule has 3 nitrogen and oxygen atoms in total. The van der Waals surface area contributed by atoms with Gasteiger partial charge in [0.1, 0.15) is 11.8 Å². The lowest BCUT2D eigenvalue weighted by atomic mass is 9.79. The van der Waals surface area contributed by atoms with Crippen LogP contribution in [0, 0.1) is 17.2 Å². The summed E-state index contributed by atoms with van der Waals surface area (Å²) in [5, 5.41) is 20.3. The number of aliphatic hydroxyl groups excluding tert-OH is 1. The molecule has 1 N–H and O–H groups in total. The van der Waals surface area contributed by atoms with Crippen molar-refractivity contribution < 1.29 is 18.3 Å². The van der Waals surface area contributed by atoms with E-state index in [1.54, 1.807) is 24.3 Å². The molecule has 25 heavy (non-hydrogen) atoms. The molecule has 0 spiro atoms. The lowest BCUT2D eigenvalue weighted by molar-refractivity contribution is -0.217. The third kappa shape index (κ3) is 3.67. The highest BCUT2D eigenvalue weighted by Crippen LogP contribution is 2.39. The highest BCUT2D eigenvalue weighted by molar-refractivity contribution is 5.88. The van der Waals surface area contributed by atoms with Gasteiger partial charge in [-0.05, 0) is 42.3 Å². The van der Waals surface area contributed by atoms with Gasteiger partial charge in [0, 0.05) is 17.5 Å². The molecule has 1 heterocycles. The minimum absolute atomic E-state index is 0.319. The molecule has 1 aliphatic rings. The number of fused-ring (bicyclic) bond motifs is 1. The molecule has 2 aromatic rings. The SMILES string of the molecule is N#Cc1nccc2cc(/C=C3/CCCCC3C(O)C(F)(F)F)ccc12. The predicted octanol–water partition coefficient (Wildman–Crippen LogP) is 4.60. The van der Waals surface area contributed by atoms with Crippen molar-refractivity contribution in [1.29, 1.82) is 5.26 Å². The molecule has 0 saturated heterocycles. The number of pyridine rings is 1. The summed E-state index contributed by atoms with van der Waals surface area (Å²) in [6.45, 7) is 0. The molecule has 0 amide bonds. The Morgan fingerprint density at radius 2 is 2.08 bits per heavy atom. The normalized spacial score (nSPS) is 21.2. The summed E-state index contributed by atoms with van der Waals surface area (Å²) >= 11 is 0. The summed E-state index contributed by atoms with van der Waals surface area (Å²) in [6.07, 6.45) is -1.27. The molecule has 0 bridgehead atoms. The van der Waals surface area contributed by atoms with Crippen molar-refractivity contribution in [3.05, 3.63) is 47.3 Å². The number of nitriles is 1. The molecule has 1 saturated carbocycles. The standard InChI is InChI=1S/C19H17F3N2O/c20-19(21,22)18(25)16-4-2-1-3-13(16)9-12-5-6-15-14(10-12)7-8-24-17(15)11-23/h5-10,16,18,25H,1-4H2/b13-9-. The van der Waals surface area contributed by atoms with Crippen molar-refractivity contribution in [1.82, 2.24) is 4.98 Å². The minimum atomic E-state index is -4.61. The van der Waals surface area contributed by atoms with Crippen LogP contribution in [0.5, 0.6) is 0 Å². The highest BCUT2D eigenvalue weighted by atomic mass is 19.4. The Hall–Kier alpha value is -2.39. The fourth-order valence-electron chi connectivity index (χ4n) is 3.42. The van der Waals surface area contributed by atoms with E-state index in [9.17, 15) is 18.3 Å². The van der Waals surface area contributed by atoms with E-state index >= 15 is 0 Å². The van der Waals surface area contributed by atoms with Gasteiger partial charge in [-0.25, -0.2) is 4.98 Å². The van der Waals surface area contributed by atoms with Crippen LogP contribution in [0.1, 0.15) is 36.9 Å². The number of alkyl halides is 3. The fraction of sp³-hybridized carbons (Fsp3) is 0.368. The molecular formula is C19H17F3N2O. The Balaban J connectivity index is 1.97. The van der Waals surface area contributed by atoms with Crippen LogP contribution in [0.25, 0.3) is 16.8 Å². The predicted molar refractivity (Wildman–Crippen MR) is 88.5 cm³/mol. The summed E-state index contributed by atoms with van der Waals surface area (Å²) in [7, 11) is 0. The molecule has 2 unspecified atom stereocenters. The topological polar surface area (TPSA) is 56.9 Å². The van der Waals surface area contributed by atoms with E-state index in [0.29, 0.717) is 35.9 Å². The molecule has 1 fully saturated rings. The molecule has 2 atom stereocenters. The second kappa shape index (κ2) is 6.85. The zero-order chi connectivity index (χ0) is 18.0. The van der Waals surface area contributed by atoms with Gasteiger partial charge < -0.3 is 5.11 Å². The van der Waals surface area contributed by atoms with Gasteiger partial charge in [0.05, 0.1) is 0 Å². The fourth-order valence-corrected chi connectivity index (χ4v) is 3.42. The van der Waals surface area contributed by atoms with Crippen molar-refractivity contribution in [3.8, 4) is 6.07 Å². The molecule has 0 radical (unpaired) electrons. The van der Waals surface area contributed by atoms with Crippen LogP contribution < -0.4 is 0 Å². The van der Waals surface area contributed by atoms with Crippen LogP contribution in [-0.2, 0) is 0 Å². The lowest BCUT2D eigenvalue weighted by Crippen LogP contribution is -2.38. The first-order valence-electron chi connectivity index (χ1n) is 8.14. The monoisotopic (exact) mass is 346 g/mol. The summed E-state index contributed by atoms with van der Waals surface area (Å²) in [5.41, 5.74) is 1.71. The molecular weight excluding hydrogens is 329 g/mol. The van der Waals surface area contributed by atoms with Crippen molar-refractivity contribution in [2.24, 2.45) is 5.92 Å². The molecule has 3 rings (SSSR count). The molecule has 130 valence electrons. The average Bonchev–Trinajstić information content (AvgIpc) is 2.60. The minimum Gasteiger partial charge on any atom is -0.383 e. The smallest absolute Gasteiger partial charge is 0.383 e. The Bertz CT molecular complexity index is 852. The third-order valence-corrected chi connectivity index (χ3v) is 4.67. The zero-order valence-electron chi connectivity index (χ0n) is 13.4. The Kier molecular flexibility index (Phi) is 4.78. The van der Waals surface area contributed by atoms with Crippen LogP contribution in [0.15, 0.2) is 36.0 Å². The maximum Gasteiger partial charge on any atom is 0.414 e. The number of nitrogens with zero attached hydrogens (tertiary/aromatic N) is 2. The van der Waals surface area contributed by atoms with E-state index in [-0.39, 0.29) is 0 Å². The number of benzene rings is 1. The number of hydrogen-bond donors (Lipinski definition) is 1. The van der Waals surface area contributed by atoms with Gasteiger partial charge in [-0.2, -0.15) is 18.4 Å². The number of hydrogen-bond acceptors (Lipinski definition) is 3. The zero-order valence-corrected chi connectivity index (χ0v) is 13.4. The van der Waals surface area contributed by atoms with E-state index in [4.69, 9.17) is 5.26 Å². The number of aromatic nitrogens is 1. The second-order valence-electron chi connectivity index (χ2n) is 6.31. The first-order chi connectivity index (χ1) is 11.9. The Morgan fingerprint density at radius 3 is 2.80 bits per heavy atom. The van der Waals surface area contributed by atoms with Crippen molar-refractivity contribution in [3.63, 3.8) is 0 Å². The van der Waals surface area contributed by atoms with E-state index in [1.807, 2.05) is 12.1 Å². The van der Waals surface area contributed by atoms with Crippen molar-refractivity contribution in [2.75, 3.05) is 0 Å². The van der Waals surface area contributed by atoms with E-state index < -0.39 is 18.2 Å². The quantitative estimate of drug-likeness (QED) is 0.864. The molecule has 1 aromatic carbocycles. The van der Waals surface area contributed by atoms with Gasteiger partial charge in [-0.3, -0.25) is 0 Å². The Morgan fingerprint density at radius 1 is 1.28 bits per heavy atom. The first-order valence-corrected chi connectivity index (χ1v) is 8.14. The highest BCUT2D eigenvalue weighted by Gasteiger charge is 2.44. The third-order valence-electron chi connectivity index (χ3n) is 4.67. The van der Waals surface area contributed by atoms with Crippen LogP contribution in [0.4, 0.5) is 13.2 Å². The summed E-state index contributed by atoms with van der Waals surface area (Å²) < 4.78 is 38.8. The van der Waals surface area contributed by atoms with E-state index in [0.717, 1.165) is 17.4 Å². The van der Waals surface area contributed by atoms with Gasteiger partial charge in [-0.15, -0.1) is 0 Å². The van der Waals surface area contributed by atoms with E-state index in [1.165, 1.54) is 6.20 Å². The average molecular weight is 346 g/mol. The first kappa shape index (κ1) is 17.4. The maximum absolute atomic E-state index is 12.9. The van der Waals surface area contributed by atoms with Gasteiger partial charge in [0.25, 0.3) is 0 Å². The summed E-state index contributed by atoms with van der Waals surface area (Å²) in [4.78, 5) is 4.00. The molecule has 6 heteroatoms. The number of aliphatic hydroxyl groups is 1. The van der Waals surface area contributed by atoms with Crippen LogP contribution in [0.2, 0.25) is 0 Å². The molecule has 1 aliphatic carbocycles. The summed E-state index contributed by atoms with van der Waals surface area (Å²) in [5.74, 6) is -0.892. The number of halogens is 3. The molecule has 0 aliphatic heterocycles. The van der Waals surface area contributed by atoms with Crippen molar-refractivity contribution in [2.45, 2.75) is 38.0 Å².